The van der Waals surface area contributed by atoms with Crippen molar-refractivity contribution >= 4 is 5.97 Å². The van der Waals surface area contributed by atoms with Gasteiger partial charge in [0.05, 0.1) is 12.2 Å². The van der Waals surface area contributed by atoms with E-state index in [-0.39, 0.29) is 23.4 Å². The molecule has 4 rings (SSSR count). The first-order chi connectivity index (χ1) is 15.6. The molecule has 4 aliphatic carbocycles. The van der Waals surface area contributed by atoms with Gasteiger partial charge < -0.3 is 14.9 Å². The van der Waals surface area contributed by atoms with Crippen molar-refractivity contribution in [3.63, 3.8) is 0 Å². The highest BCUT2D eigenvalue weighted by molar-refractivity contribution is 5.66. The van der Waals surface area contributed by atoms with E-state index in [1.807, 2.05) is 0 Å². The molecule has 0 bridgehead atoms. The second-order valence-corrected chi connectivity index (χ2v) is 12.8. The van der Waals surface area contributed by atoms with Crippen LogP contribution in [0.5, 0.6) is 0 Å². The summed E-state index contributed by atoms with van der Waals surface area (Å²) in [6.45, 7) is 11.5. The summed E-state index contributed by atoms with van der Waals surface area (Å²) >= 11 is 0. The van der Waals surface area contributed by atoms with Crippen LogP contribution in [-0.4, -0.2) is 35.0 Å². The van der Waals surface area contributed by atoms with Gasteiger partial charge in [-0.2, -0.15) is 0 Å². The molecule has 0 aromatic heterocycles. The lowest BCUT2D eigenvalue weighted by atomic mass is 9.46. The first-order valence-corrected chi connectivity index (χ1v) is 13.8. The van der Waals surface area contributed by atoms with Crippen molar-refractivity contribution in [2.24, 2.45) is 46.3 Å². The summed E-state index contributed by atoms with van der Waals surface area (Å²) in [7, 11) is 0. The van der Waals surface area contributed by atoms with Crippen molar-refractivity contribution in [3.8, 4) is 0 Å². The number of hydrogen-bond acceptors (Lipinski definition) is 4. The van der Waals surface area contributed by atoms with Crippen LogP contribution in [0, 0.1) is 46.3 Å². The van der Waals surface area contributed by atoms with Crippen LogP contribution in [0.25, 0.3) is 0 Å². The van der Waals surface area contributed by atoms with Crippen LogP contribution in [0.15, 0.2) is 11.6 Å². The molecular weight excluding hydrogens is 412 g/mol. The van der Waals surface area contributed by atoms with Crippen LogP contribution in [-0.2, 0) is 9.53 Å². The number of carbonyl (C=O) groups excluding carboxylic acids is 1. The summed E-state index contributed by atoms with van der Waals surface area (Å²) in [5, 5.41) is 21.8. The van der Waals surface area contributed by atoms with Crippen molar-refractivity contribution in [3.05, 3.63) is 11.6 Å². The number of fused-ring (bicyclic) bond motifs is 5. The third kappa shape index (κ3) is 4.56. The molecule has 4 aliphatic rings. The van der Waals surface area contributed by atoms with Gasteiger partial charge in [-0.25, -0.2) is 0 Å². The zero-order valence-corrected chi connectivity index (χ0v) is 21.7. The van der Waals surface area contributed by atoms with Gasteiger partial charge in [0.15, 0.2) is 0 Å². The highest BCUT2D eigenvalue weighted by atomic mass is 16.5. The number of aliphatic hydroxyl groups is 2. The SMILES string of the molecule is CC(=O)OC[C@]12CC[C@H](O)CC1=C[C@H](O)[C@@H]1[C@H]2CC[C@]2(C)[C@@H]([C@H](C)CCCC(C)C)CC[C@@H]12. The minimum absolute atomic E-state index is 0.197. The average Bonchev–Trinajstić information content (AvgIpc) is 3.09. The van der Waals surface area contributed by atoms with Gasteiger partial charge in [0, 0.05) is 12.3 Å². The maximum absolute atomic E-state index is 11.8. The molecule has 0 spiro atoms. The smallest absolute Gasteiger partial charge is 0.302 e. The number of hydrogen-bond donors (Lipinski definition) is 2. The molecule has 3 saturated carbocycles. The number of ether oxygens (including phenoxy) is 1. The first kappa shape index (κ1) is 25.2. The fraction of sp³-hybridized carbons (Fsp3) is 0.897. The van der Waals surface area contributed by atoms with Crippen LogP contribution in [0.4, 0.5) is 0 Å². The Hall–Kier alpha value is -0.870. The molecule has 0 aliphatic heterocycles. The Kier molecular flexibility index (Phi) is 7.37. The lowest BCUT2D eigenvalue weighted by molar-refractivity contribution is -0.153. The van der Waals surface area contributed by atoms with Crippen LogP contribution >= 0.6 is 0 Å². The van der Waals surface area contributed by atoms with Gasteiger partial charge in [-0.15, -0.1) is 0 Å². The van der Waals surface area contributed by atoms with E-state index < -0.39 is 6.10 Å². The average molecular weight is 461 g/mol. The minimum Gasteiger partial charge on any atom is -0.465 e. The summed E-state index contributed by atoms with van der Waals surface area (Å²) in [4.78, 5) is 11.8. The van der Waals surface area contributed by atoms with Gasteiger partial charge in [-0.05, 0) is 85.9 Å². The zero-order chi connectivity index (χ0) is 24.0. The maximum Gasteiger partial charge on any atom is 0.302 e. The summed E-state index contributed by atoms with van der Waals surface area (Å²) in [5.41, 5.74) is 1.25. The standard InChI is InChI=1S/C29H48O4/c1-18(2)7-6-8-19(3)23-9-10-24-27-25(12-13-28(23,24)5)29(17-33-20(4)30)14-11-22(31)15-21(29)16-26(27)32/h16,18-19,22-27,31-32H,6-15,17H2,1-5H3/t19-,22+,23-,24+,25-,26+,27+,28-,29-/m1/s1. The second kappa shape index (κ2) is 9.64. The Morgan fingerprint density at radius 3 is 2.55 bits per heavy atom. The van der Waals surface area contributed by atoms with Gasteiger partial charge in [0.1, 0.15) is 6.61 Å². The molecule has 4 nitrogen and oxygen atoms in total. The molecule has 188 valence electrons. The number of rotatable bonds is 7. The van der Waals surface area contributed by atoms with Crippen LogP contribution in [0.3, 0.4) is 0 Å². The molecule has 4 heteroatoms. The van der Waals surface area contributed by atoms with Crippen molar-refractivity contribution < 1.29 is 19.7 Å². The van der Waals surface area contributed by atoms with Crippen LogP contribution in [0.2, 0.25) is 0 Å². The summed E-state index contributed by atoms with van der Waals surface area (Å²) < 4.78 is 5.68. The molecule has 0 radical (unpaired) electrons. The fourth-order valence-corrected chi connectivity index (χ4v) is 8.96. The fourth-order valence-electron chi connectivity index (χ4n) is 8.96. The third-order valence-electron chi connectivity index (χ3n) is 10.6. The Morgan fingerprint density at radius 2 is 1.85 bits per heavy atom. The lowest BCUT2D eigenvalue weighted by Crippen LogP contribution is -2.57. The van der Waals surface area contributed by atoms with E-state index in [0.717, 1.165) is 42.6 Å². The van der Waals surface area contributed by atoms with Crippen LogP contribution < -0.4 is 0 Å². The number of esters is 1. The molecule has 9 atom stereocenters. The topological polar surface area (TPSA) is 66.8 Å². The first-order valence-electron chi connectivity index (χ1n) is 13.8. The molecule has 0 aromatic carbocycles. The van der Waals surface area contributed by atoms with Gasteiger partial charge in [0.25, 0.3) is 0 Å². The van der Waals surface area contributed by atoms with E-state index in [2.05, 4.69) is 33.8 Å². The molecule has 0 unspecified atom stereocenters. The lowest BCUT2D eigenvalue weighted by Gasteiger charge is -2.60. The van der Waals surface area contributed by atoms with Crippen molar-refractivity contribution in [1.82, 2.24) is 0 Å². The van der Waals surface area contributed by atoms with Crippen molar-refractivity contribution in [2.75, 3.05) is 6.61 Å². The van der Waals surface area contributed by atoms with Gasteiger partial charge in [0.2, 0.25) is 0 Å². The van der Waals surface area contributed by atoms with Gasteiger partial charge >= 0.3 is 5.97 Å². The molecule has 0 amide bonds. The molecular formula is C29H48O4. The summed E-state index contributed by atoms with van der Waals surface area (Å²) in [6, 6.07) is 0. The Bertz CT molecular complexity index is 744. The van der Waals surface area contributed by atoms with Crippen LogP contribution in [0.1, 0.15) is 98.8 Å². The molecule has 0 aromatic rings. The Balaban J connectivity index is 1.59. The normalized spacial score (nSPS) is 43.3. The molecule has 2 N–H and O–H groups in total. The van der Waals surface area contributed by atoms with E-state index >= 15 is 0 Å². The number of aliphatic hydroxyl groups excluding tert-OH is 2. The molecule has 33 heavy (non-hydrogen) atoms. The van der Waals surface area contributed by atoms with E-state index in [0.29, 0.717) is 30.3 Å². The molecule has 0 saturated heterocycles. The molecule has 0 heterocycles. The second-order valence-electron chi connectivity index (χ2n) is 12.8. The highest BCUT2D eigenvalue weighted by Crippen LogP contribution is 2.67. The van der Waals surface area contributed by atoms with E-state index in [1.54, 1.807) is 0 Å². The quantitative estimate of drug-likeness (QED) is 0.366. The Labute approximate surface area is 201 Å². The minimum atomic E-state index is -0.444. The monoisotopic (exact) mass is 460 g/mol. The summed E-state index contributed by atoms with van der Waals surface area (Å²) in [5.74, 6) is 3.14. The predicted molar refractivity (Wildman–Crippen MR) is 131 cm³/mol. The Morgan fingerprint density at radius 1 is 1.09 bits per heavy atom. The van der Waals surface area contributed by atoms with Gasteiger partial charge in [-0.1, -0.05) is 58.6 Å². The van der Waals surface area contributed by atoms with Crippen molar-refractivity contribution in [2.45, 2.75) is 111 Å². The summed E-state index contributed by atoms with van der Waals surface area (Å²) in [6.07, 6.45) is 12.3. The van der Waals surface area contributed by atoms with E-state index in [4.69, 9.17) is 4.74 Å². The molecule has 3 fully saturated rings. The predicted octanol–water partition coefficient (Wildman–Crippen LogP) is 5.90. The highest BCUT2D eigenvalue weighted by Gasteiger charge is 2.62. The zero-order valence-electron chi connectivity index (χ0n) is 21.7. The van der Waals surface area contributed by atoms with Gasteiger partial charge in [-0.3, -0.25) is 4.79 Å². The maximum atomic E-state index is 11.8. The van der Waals surface area contributed by atoms with Crippen molar-refractivity contribution in [1.29, 1.82) is 0 Å². The van der Waals surface area contributed by atoms with E-state index in [1.165, 1.54) is 45.4 Å². The largest absolute Gasteiger partial charge is 0.465 e. The third-order valence-corrected chi connectivity index (χ3v) is 10.6. The van der Waals surface area contributed by atoms with E-state index in [9.17, 15) is 15.0 Å². The number of carbonyl (C=O) groups is 1.